The van der Waals surface area contributed by atoms with E-state index in [9.17, 15) is 9.59 Å². The van der Waals surface area contributed by atoms with E-state index in [1.165, 1.54) is 25.4 Å². The van der Waals surface area contributed by atoms with Gasteiger partial charge in [-0.25, -0.2) is 9.78 Å². The first-order valence-electron chi connectivity index (χ1n) is 7.55. The first kappa shape index (κ1) is 18.0. The second-order valence-corrected chi connectivity index (χ2v) is 6.72. The molecule has 0 unspecified atom stereocenters. The van der Waals surface area contributed by atoms with Crippen molar-refractivity contribution in [2.24, 2.45) is 0 Å². The average molecular weight is 391 g/mol. The smallest absolute Gasteiger partial charge is 0.323 e. The largest absolute Gasteiger partial charge is 0.494 e. The highest BCUT2D eigenvalue weighted by Gasteiger charge is 2.13. The molecule has 0 aliphatic rings. The lowest BCUT2D eigenvalue weighted by atomic mass is 10.2. The number of carbonyl (C=O) groups excluding carboxylic acids is 2. The average Bonchev–Trinajstić information content (AvgIpc) is 2.97. The van der Waals surface area contributed by atoms with Crippen LogP contribution in [0, 0.1) is 0 Å². The molecular weight excluding hydrogens is 376 g/mol. The number of fused-ring (bicyclic) bond motifs is 1. The summed E-state index contributed by atoms with van der Waals surface area (Å²) in [6.45, 7) is 1.41. The fraction of sp³-hybridized carbons (Fsp3) is 0.118. The normalized spacial score (nSPS) is 10.4. The fourth-order valence-electron chi connectivity index (χ4n) is 2.28. The second-order valence-electron chi connectivity index (χ2n) is 5.28. The minimum absolute atomic E-state index is 0.208. The zero-order valence-corrected chi connectivity index (χ0v) is 15.5. The van der Waals surface area contributed by atoms with E-state index in [1.54, 1.807) is 36.4 Å². The van der Waals surface area contributed by atoms with Gasteiger partial charge in [-0.05, 0) is 18.2 Å². The number of para-hydroxylation sites is 1. The van der Waals surface area contributed by atoms with Crippen LogP contribution in [0.25, 0.3) is 10.2 Å². The summed E-state index contributed by atoms with van der Waals surface area (Å²) < 4.78 is 6.11. The van der Waals surface area contributed by atoms with Gasteiger partial charge in [0.05, 0.1) is 22.5 Å². The van der Waals surface area contributed by atoms with Crippen molar-refractivity contribution in [3.63, 3.8) is 0 Å². The molecule has 134 valence electrons. The molecule has 9 heteroatoms. The van der Waals surface area contributed by atoms with Crippen LogP contribution in [0.5, 0.6) is 5.75 Å². The Kier molecular flexibility index (Phi) is 5.24. The van der Waals surface area contributed by atoms with Crippen LogP contribution < -0.4 is 20.7 Å². The highest BCUT2D eigenvalue weighted by molar-refractivity contribution is 7.22. The van der Waals surface area contributed by atoms with Gasteiger partial charge >= 0.3 is 6.03 Å². The van der Waals surface area contributed by atoms with Crippen molar-refractivity contribution >= 4 is 61.6 Å². The number of amides is 3. The third kappa shape index (κ3) is 4.04. The van der Waals surface area contributed by atoms with E-state index >= 15 is 0 Å². The topological polar surface area (TPSA) is 92.4 Å². The molecule has 0 bridgehead atoms. The summed E-state index contributed by atoms with van der Waals surface area (Å²) in [5.41, 5.74) is 1.64. The number of aromatic nitrogens is 1. The Labute approximate surface area is 158 Å². The molecule has 3 rings (SSSR count). The molecule has 0 atom stereocenters. The highest BCUT2D eigenvalue weighted by atomic mass is 35.5. The lowest BCUT2D eigenvalue weighted by Gasteiger charge is -2.10. The number of hydrogen-bond acceptors (Lipinski definition) is 5. The lowest BCUT2D eigenvalue weighted by molar-refractivity contribution is -0.114. The molecule has 0 saturated carbocycles. The first-order chi connectivity index (χ1) is 12.5. The number of urea groups is 1. The van der Waals surface area contributed by atoms with Crippen molar-refractivity contribution in [1.29, 1.82) is 0 Å². The number of ether oxygens (including phenoxy) is 1. The van der Waals surface area contributed by atoms with Crippen molar-refractivity contribution in [2.75, 3.05) is 23.1 Å². The minimum atomic E-state index is -0.439. The molecule has 3 amide bonds. The Morgan fingerprint density at radius 3 is 2.62 bits per heavy atom. The number of nitrogens with one attached hydrogen (secondary N) is 3. The quantitative estimate of drug-likeness (QED) is 0.608. The zero-order valence-electron chi connectivity index (χ0n) is 13.9. The molecule has 0 saturated heterocycles. The molecule has 26 heavy (non-hydrogen) atoms. The van der Waals surface area contributed by atoms with E-state index in [-0.39, 0.29) is 5.91 Å². The van der Waals surface area contributed by atoms with Gasteiger partial charge in [-0.1, -0.05) is 35.1 Å². The van der Waals surface area contributed by atoms with E-state index in [4.69, 9.17) is 16.3 Å². The molecule has 0 spiro atoms. The third-order valence-corrected chi connectivity index (χ3v) is 4.59. The van der Waals surface area contributed by atoms with Gasteiger partial charge in [0.25, 0.3) is 0 Å². The third-order valence-electron chi connectivity index (χ3n) is 3.34. The molecule has 3 aromatic rings. The number of hydrogen-bond donors (Lipinski definition) is 3. The zero-order chi connectivity index (χ0) is 18.7. The van der Waals surface area contributed by atoms with Gasteiger partial charge in [0, 0.05) is 18.7 Å². The summed E-state index contributed by atoms with van der Waals surface area (Å²) in [6, 6.07) is 9.92. The van der Waals surface area contributed by atoms with Crippen LogP contribution in [-0.2, 0) is 4.79 Å². The lowest BCUT2D eigenvalue weighted by Crippen LogP contribution is -2.19. The fourth-order valence-corrected chi connectivity index (χ4v) is 3.43. The van der Waals surface area contributed by atoms with Crippen LogP contribution in [0.1, 0.15) is 6.92 Å². The summed E-state index contributed by atoms with van der Waals surface area (Å²) in [6.07, 6.45) is 0. The number of benzene rings is 2. The Bertz CT molecular complexity index is 989. The monoisotopic (exact) mass is 390 g/mol. The Morgan fingerprint density at radius 2 is 1.92 bits per heavy atom. The second kappa shape index (κ2) is 7.59. The van der Waals surface area contributed by atoms with Gasteiger partial charge in [-0.15, -0.1) is 0 Å². The molecule has 1 aromatic heterocycles. The van der Waals surface area contributed by atoms with Crippen LogP contribution in [-0.4, -0.2) is 24.0 Å². The number of nitrogens with zero attached hydrogens (tertiary/aromatic N) is 1. The van der Waals surface area contributed by atoms with Gasteiger partial charge in [-0.3, -0.25) is 4.79 Å². The van der Waals surface area contributed by atoms with Crippen LogP contribution in [0.15, 0.2) is 36.4 Å². The van der Waals surface area contributed by atoms with Crippen molar-refractivity contribution in [3.8, 4) is 5.75 Å². The van der Waals surface area contributed by atoms with Gasteiger partial charge in [0.15, 0.2) is 5.13 Å². The summed E-state index contributed by atoms with van der Waals surface area (Å²) in [5.74, 6) is 0.281. The van der Waals surface area contributed by atoms with Crippen molar-refractivity contribution in [2.45, 2.75) is 6.92 Å². The van der Waals surface area contributed by atoms with Crippen molar-refractivity contribution < 1.29 is 14.3 Å². The maximum absolute atomic E-state index is 12.2. The maximum atomic E-state index is 12.2. The van der Waals surface area contributed by atoms with E-state index < -0.39 is 6.03 Å². The molecule has 0 aliphatic heterocycles. The number of halogens is 1. The van der Waals surface area contributed by atoms with Crippen molar-refractivity contribution in [3.05, 3.63) is 41.4 Å². The molecule has 1 heterocycles. The Hall–Kier alpha value is -2.84. The summed E-state index contributed by atoms with van der Waals surface area (Å²) >= 11 is 7.32. The number of anilines is 3. The number of rotatable bonds is 4. The molecule has 2 aromatic carbocycles. The summed E-state index contributed by atoms with van der Waals surface area (Å²) in [5, 5.41) is 8.97. The highest BCUT2D eigenvalue weighted by Crippen LogP contribution is 2.35. The van der Waals surface area contributed by atoms with Crippen LogP contribution in [0.3, 0.4) is 0 Å². The molecular formula is C17H15ClN4O3S. The predicted octanol–water partition coefficient (Wildman–Crippen LogP) is 4.56. The first-order valence-corrected chi connectivity index (χ1v) is 8.74. The number of methoxy groups -OCH3 is 1. The van der Waals surface area contributed by atoms with Crippen LogP contribution in [0.2, 0.25) is 5.02 Å². The van der Waals surface area contributed by atoms with Gasteiger partial charge in [0.2, 0.25) is 5.91 Å². The van der Waals surface area contributed by atoms with Gasteiger partial charge in [0.1, 0.15) is 11.3 Å². The standard InChI is InChI=1S/C17H15ClN4O3S/c1-9(23)19-17-22-15-13(25-2)7-10(8-14(15)26-17)20-16(24)21-12-6-4-3-5-11(12)18/h3-8H,1-2H3,(H,19,22,23)(H2,20,21,24). The number of carbonyl (C=O) groups is 2. The summed E-state index contributed by atoms with van der Waals surface area (Å²) in [7, 11) is 1.51. The van der Waals surface area contributed by atoms with Crippen molar-refractivity contribution in [1.82, 2.24) is 4.98 Å². The van der Waals surface area contributed by atoms with E-state index in [1.807, 2.05) is 0 Å². The maximum Gasteiger partial charge on any atom is 0.323 e. The molecule has 0 aliphatic carbocycles. The molecule has 0 radical (unpaired) electrons. The summed E-state index contributed by atoms with van der Waals surface area (Å²) in [4.78, 5) is 27.8. The van der Waals surface area contributed by atoms with E-state index in [0.717, 1.165) is 4.70 Å². The molecule has 7 nitrogen and oxygen atoms in total. The molecule has 3 N–H and O–H groups in total. The minimum Gasteiger partial charge on any atom is -0.494 e. The predicted molar refractivity (Wildman–Crippen MR) is 105 cm³/mol. The van der Waals surface area contributed by atoms with Gasteiger partial charge < -0.3 is 20.7 Å². The van der Waals surface area contributed by atoms with E-state index in [2.05, 4.69) is 20.9 Å². The van der Waals surface area contributed by atoms with E-state index in [0.29, 0.717) is 32.8 Å². The van der Waals surface area contributed by atoms with Crippen LogP contribution in [0.4, 0.5) is 21.3 Å². The van der Waals surface area contributed by atoms with Gasteiger partial charge in [-0.2, -0.15) is 0 Å². The SMILES string of the molecule is COc1cc(NC(=O)Nc2ccccc2Cl)cc2sc(NC(C)=O)nc12. The Morgan fingerprint density at radius 1 is 1.15 bits per heavy atom. The Balaban J connectivity index is 1.84. The van der Waals surface area contributed by atoms with Crippen LogP contribution >= 0.6 is 22.9 Å². The number of thiazole rings is 1. The molecule has 0 fully saturated rings.